The number of hydrogen-bond donors (Lipinski definition) is 1. The summed E-state index contributed by atoms with van der Waals surface area (Å²) < 4.78 is 5.16. The van der Waals surface area contributed by atoms with E-state index in [0.717, 1.165) is 0 Å². The highest BCUT2D eigenvalue weighted by Crippen LogP contribution is 2.16. The topological polar surface area (TPSA) is 69.9 Å². The maximum Gasteiger partial charge on any atom is 0.126 e. The van der Waals surface area contributed by atoms with Gasteiger partial charge in [0.1, 0.15) is 17.5 Å². The van der Waals surface area contributed by atoms with Crippen molar-refractivity contribution >= 4 is 0 Å². The van der Waals surface area contributed by atoms with Crippen molar-refractivity contribution in [3.63, 3.8) is 0 Å². The molecule has 5 heteroatoms. The number of furan rings is 1. The van der Waals surface area contributed by atoms with Gasteiger partial charge in [0, 0.05) is 7.05 Å². The Morgan fingerprint density at radius 2 is 2.46 bits per heavy atom. The number of rotatable bonds is 2. The molecule has 2 heterocycles. The van der Waals surface area contributed by atoms with Crippen LogP contribution in [0.1, 0.15) is 17.5 Å². The molecule has 0 saturated carbocycles. The standard InChI is InChI=1S/C8H10N4O/c1-12-10-5-6(11-12)8(9)7-3-2-4-13-7/h2-5,8H,9H2,1H3. The van der Waals surface area contributed by atoms with E-state index in [4.69, 9.17) is 10.2 Å². The van der Waals surface area contributed by atoms with Crippen molar-refractivity contribution in [2.24, 2.45) is 12.8 Å². The monoisotopic (exact) mass is 178 g/mol. The smallest absolute Gasteiger partial charge is 0.126 e. The first-order chi connectivity index (χ1) is 6.27. The summed E-state index contributed by atoms with van der Waals surface area (Å²) in [6.07, 6.45) is 3.22. The predicted octanol–water partition coefficient (Wildman–Crippen LogP) is 0.456. The van der Waals surface area contributed by atoms with Gasteiger partial charge in [-0.05, 0) is 12.1 Å². The van der Waals surface area contributed by atoms with E-state index >= 15 is 0 Å². The SMILES string of the molecule is Cn1ncc(C(N)c2ccco2)n1. The molecular formula is C8H10N4O. The second-order valence-electron chi connectivity index (χ2n) is 2.75. The third-order valence-electron chi connectivity index (χ3n) is 1.79. The molecule has 2 aromatic heterocycles. The van der Waals surface area contributed by atoms with E-state index in [0.29, 0.717) is 11.5 Å². The second-order valence-corrected chi connectivity index (χ2v) is 2.75. The first-order valence-electron chi connectivity index (χ1n) is 3.92. The van der Waals surface area contributed by atoms with Crippen molar-refractivity contribution in [2.75, 3.05) is 0 Å². The van der Waals surface area contributed by atoms with Crippen molar-refractivity contribution in [1.29, 1.82) is 0 Å². The van der Waals surface area contributed by atoms with Gasteiger partial charge in [0.25, 0.3) is 0 Å². The zero-order valence-electron chi connectivity index (χ0n) is 7.21. The molecule has 5 nitrogen and oxygen atoms in total. The fourth-order valence-electron chi connectivity index (χ4n) is 1.12. The van der Waals surface area contributed by atoms with Gasteiger partial charge in [0.2, 0.25) is 0 Å². The highest BCUT2D eigenvalue weighted by Gasteiger charge is 2.14. The van der Waals surface area contributed by atoms with Gasteiger partial charge in [-0.2, -0.15) is 15.0 Å². The molecule has 0 aliphatic heterocycles. The molecule has 2 rings (SSSR count). The van der Waals surface area contributed by atoms with Gasteiger partial charge in [-0.25, -0.2) is 0 Å². The van der Waals surface area contributed by atoms with Crippen LogP contribution in [0, 0.1) is 0 Å². The molecule has 68 valence electrons. The quantitative estimate of drug-likeness (QED) is 0.725. The molecule has 2 N–H and O–H groups in total. The van der Waals surface area contributed by atoms with E-state index < -0.39 is 0 Å². The summed E-state index contributed by atoms with van der Waals surface area (Å²) in [7, 11) is 1.75. The Morgan fingerprint density at radius 1 is 1.62 bits per heavy atom. The molecule has 0 aliphatic carbocycles. The Balaban J connectivity index is 2.28. The van der Waals surface area contributed by atoms with Gasteiger partial charge < -0.3 is 10.2 Å². The zero-order valence-corrected chi connectivity index (χ0v) is 7.21. The van der Waals surface area contributed by atoms with Crippen LogP contribution < -0.4 is 5.73 Å². The molecule has 0 aromatic carbocycles. The normalized spacial score (nSPS) is 13.1. The van der Waals surface area contributed by atoms with Gasteiger partial charge >= 0.3 is 0 Å². The molecule has 1 unspecified atom stereocenters. The molecule has 0 spiro atoms. The Kier molecular flexibility index (Phi) is 1.86. The predicted molar refractivity (Wildman–Crippen MR) is 45.7 cm³/mol. The molecular weight excluding hydrogens is 168 g/mol. The van der Waals surface area contributed by atoms with Crippen LogP contribution in [-0.4, -0.2) is 15.0 Å². The summed E-state index contributed by atoms with van der Waals surface area (Å²) in [4.78, 5) is 1.47. The van der Waals surface area contributed by atoms with Crippen LogP contribution in [0.3, 0.4) is 0 Å². The Bertz CT molecular complexity index is 379. The Hall–Kier alpha value is -1.62. The minimum absolute atomic E-state index is 0.330. The summed E-state index contributed by atoms with van der Waals surface area (Å²) >= 11 is 0. The lowest BCUT2D eigenvalue weighted by Gasteiger charge is -2.02. The van der Waals surface area contributed by atoms with Gasteiger partial charge in [-0.15, -0.1) is 0 Å². The minimum Gasteiger partial charge on any atom is -0.467 e. The number of aryl methyl sites for hydroxylation is 1. The van der Waals surface area contributed by atoms with Crippen molar-refractivity contribution in [3.05, 3.63) is 36.0 Å². The number of hydrogen-bond acceptors (Lipinski definition) is 4. The lowest BCUT2D eigenvalue weighted by Crippen LogP contribution is -2.11. The molecule has 0 fully saturated rings. The van der Waals surface area contributed by atoms with Crippen LogP contribution >= 0.6 is 0 Å². The lowest BCUT2D eigenvalue weighted by molar-refractivity contribution is 0.484. The Morgan fingerprint density at radius 3 is 3.00 bits per heavy atom. The molecule has 1 atom stereocenters. The molecule has 2 aromatic rings. The van der Waals surface area contributed by atoms with E-state index in [1.165, 1.54) is 4.80 Å². The first-order valence-corrected chi connectivity index (χ1v) is 3.92. The van der Waals surface area contributed by atoms with Gasteiger partial charge in [0.05, 0.1) is 12.5 Å². The average Bonchev–Trinajstić information content (AvgIpc) is 2.72. The lowest BCUT2D eigenvalue weighted by atomic mass is 10.2. The summed E-state index contributed by atoms with van der Waals surface area (Å²) in [6.45, 7) is 0. The van der Waals surface area contributed by atoms with E-state index in [9.17, 15) is 0 Å². The van der Waals surface area contributed by atoms with Crippen LogP contribution in [0.25, 0.3) is 0 Å². The highest BCUT2D eigenvalue weighted by molar-refractivity contribution is 5.15. The van der Waals surface area contributed by atoms with E-state index in [-0.39, 0.29) is 6.04 Å². The van der Waals surface area contributed by atoms with E-state index in [2.05, 4.69) is 10.2 Å². The molecule has 0 amide bonds. The van der Waals surface area contributed by atoms with Gasteiger partial charge in [-0.1, -0.05) is 0 Å². The summed E-state index contributed by atoms with van der Waals surface area (Å²) in [5.74, 6) is 0.695. The minimum atomic E-state index is -0.330. The first kappa shape index (κ1) is 8.00. The number of nitrogens with two attached hydrogens (primary N) is 1. The van der Waals surface area contributed by atoms with Crippen molar-refractivity contribution in [3.8, 4) is 0 Å². The second kappa shape index (κ2) is 3.02. The van der Waals surface area contributed by atoms with Crippen LogP contribution in [0.2, 0.25) is 0 Å². The highest BCUT2D eigenvalue weighted by atomic mass is 16.3. The summed E-state index contributed by atoms with van der Waals surface area (Å²) in [5.41, 5.74) is 6.57. The van der Waals surface area contributed by atoms with Crippen molar-refractivity contribution in [1.82, 2.24) is 15.0 Å². The van der Waals surface area contributed by atoms with Gasteiger partial charge in [0.15, 0.2) is 0 Å². The molecule has 0 saturated heterocycles. The van der Waals surface area contributed by atoms with E-state index in [1.807, 2.05) is 6.07 Å². The number of nitrogens with zero attached hydrogens (tertiary/aromatic N) is 3. The zero-order chi connectivity index (χ0) is 9.26. The maximum absolute atomic E-state index is 5.86. The summed E-state index contributed by atoms with van der Waals surface area (Å²) in [5, 5.41) is 8.02. The molecule has 13 heavy (non-hydrogen) atoms. The van der Waals surface area contributed by atoms with Crippen LogP contribution in [-0.2, 0) is 7.05 Å². The maximum atomic E-state index is 5.86. The van der Waals surface area contributed by atoms with Crippen molar-refractivity contribution in [2.45, 2.75) is 6.04 Å². The molecule has 0 radical (unpaired) electrons. The van der Waals surface area contributed by atoms with E-state index in [1.54, 1.807) is 25.6 Å². The van der Waals surface area contributed by atoms with Crippen LogP contribution in [0.5, 0.6) is 0 Å². The van der Waals surface area contributed by atoms with Crippen molar-refractivity contribution < 1.29 is 4.42 Å². The largest absolute Gasteiger partial charge is 0.467 e. The Labute approximate surface area is 75.1 Å². The van der Waals surface area contributed by atoms with Gasteiger partial charge in [-0.3, -0.25) is 0 Å². The third-order valence-corrected chi connectivity index (χ3v) is 1.79. The average molecular weight is 178 g/mol. The third kappa shape index (κ3) is 1.46. The number of aromatic nitrogens is 3. The fourth-order valence-corrected chi connectivity index (χ4v) is 1.12. The molecule has 0 aliphatic rings. The van der Waals surface area contributed by atoms with Crippen LogP contribution in [0.4, 0.5) is 0 Å². The molecule has 0 bridgehead atoms. The fraction of sp³-hybridized carbons (Fsp3) is 0.250. The van der Waals surface area contributed by atoms with Crippen LogP contribution in [0.15, 0.2) is 29.0 Å². The summed E-state index contributed by atoms with van der Waals surface area (Å²) in [6, 6.07) is 3.29.